The van der Waals surface area contributed by atoms with Crippen LogP contribution in [-0.4, -0.2) is 34.5 Å². The number of esters is 1. The molecule has 8 heteroatoms. The van der Waals surface area contributed by atoms with Gasteiger partial charge in [0.1, 0.15) is 11.9 Å². The van der Waals surface area contributed by atoms with Gasteiger partial charge in [-0.3, -0.25) is 18.9 Å². The minimum absolute atomic E-state index is 0.000720. The van der Waals surface area contributed by atoms with E-state index in [9.17, 15) is 14.4 Å². The molecule has 0 aliphatic rings. The Hall–Kier alpha value is -2.38. The molecule has 1 aromatic heterocycles. The summed E-state index contributed by atoms with van der Waals surface area (Å²) in [7, 11) is 4.07. The normalized spacial score (nSPS) is 12.9. The zero-order valence-corrected chi connectivity index (χ0v) is 12.8. The maximum Gasteiger partial charge on any atom is 0.332 e. The van der Waals surface area contributed by atoms with Crippen molar-refractivity contribution in [2.45, 2.75) is 19.9 Å². The Morgan fingerprint density at radius 3 is 2.33 bits per heavy atom. The maximum atomic E-state index is 12.0. The fourth-order valence-electron chi connectivity index (χ4n) is 1.79. The number of hydrogen-bond donors (Lipinski definition) is 1. The summed E-state index contributed by atoms with van der Waals surface area (Å²) in [5.74, 6) is -0.605. The number of ether oxygens (including phenoxy) is 1. The number of hydrogen-bond acceptors (Lipinski definition) is 6. The second-order valence-electron chi connectivity index (χ2n) is 4.99. The van der Waals surface area contributed by atoms with Crippen LogP contribution in [0.5, 0.6) is 0 Å². The van der Waals surface area contributed by atoms with Crippen molar-refractivity contribution >= 4 is 18.0 Å². The Labute approximate surface area is 121 Å². The average Bonchev–Trinajstić information content (AvgIpc) is 2.45. The van der Waals surface area contributed by atoms with E-state index in [-0.39, 0.29) is 17.3 Å². The van der Waals surface area contributed by atoms with Crippen LogP contribution in [-0.2, 0) is 23.6 Å². The van der Waals surface area contributed by atoms with Gasteiger partial charge in [0.2, 0.25) is 0 Å². The Kier molecular flexibility index (Phi) is 5.07. The molecule has 116 valence electrons. The zero-order valence-electron chi connectivity index (χ0n) is 12.8. The number of carbonyl (C=O) groups excluding carboxylic acids is 1. The highest BCUT2D eigenvalue weighted by molar-refractivity contribution is 5.87. The lowest BCUT2D eigenvalue weighted by atomic mass is 10.1. The predicted octanol–water partition coefficient (Wildman–Crippen LogP) is -0.717. The van der Waals surface area contributed by atoms with E-state index in [0.717, 1.165) is 9.13 Å². The first-order chi connectivity index (χ1) is 9.72. The van der Waals surface area contributed by atoms with E-state index in [1.54, 1.807) is 13.8 Å². The van der Waals surface area contributed by atoms with Crippen molar-refractivity contribution in [3.8, 4) is 0 Å². The summed E-state index contributed by atoms with van der Waals surface area (Å²) in [6.07, 6.45) is 1.22. The highest BCUT2D eigenvalue weighted by Crippen LogP contribution is 2.09. The van der Waals surface area contributed by atoms with Crippen molar-refractivity contribution in [3.63, 3.8) is 0 Å². The molecule has 0 fully saturated rings. The summed E-state index contributed by atoms with van der Waals surface area (Å²) in [6, 6.07) is -0.739. The van der Waals surface area contributed by atoms with E-state index in [1.807, 2.05) is 0 Å². The zero-order chi connectivity index (χ0) is 16.3. The molecule has 1 rings (SSSR count). The number of carbonyl (C=O) groups is 1. The van der Waals surface area contributed by atoms with Crippen molar-refractivity contribution < 1.29 is 9.53 Å². The molecule has 0 saturated heterocycles. The summed E-state index contributed by atoms with van der Waals surface area (Å²) in [4.78, 5) is 39.5. The van der Waals surface area contributed by atoms with Crippen molar-refractivity contribution in [1.82, 2.24) is 9.13 Å². The van der Waals surface area contributed by atoms with E-state index in [1.165, 1.54) is 27.4 Å². The number of nitrogens with two attached hydrogens (primary N) is 1. The van der Waals surface area contributed by atoms with Crippen LogP contribution in [0.1, 0.15) is 19.4 Å². The smallest absolute Gasteiger partial charge is 0.332 e. The van der Waals surface area contributed by atoms with Gasteiger partial charge >= 0.3 is 11.7 Å². The molecule has 1 heterocycles. The Morgan fingerprint density at radius 1 is 1.29 bits per heavy atom. The molecule has 2 N–H and O–H groups in total. The highest BCUT2D eigenvalue weighted by atomic mass is 16.5. The topological polar surface area (TPSA) is 109 Å². The summed E-state index contributed by atoms with van der Waals surface area (Å²) >= 11 is 0. The molecule has 1 aromatic rings. The van der Waals surface area contributed by atoms with Crippen LogP contribution >= 0.6 is 0 Å². The Balaban J connectivity index is 3.37. The van der Waals surface area contributed by atoms with Crippen molar-refractivity contribution in [2.75, 3.05) is 12.8 Å². The Morgan fingerprint density at radius 2 is 1.86 bits per heavy atom. The van der Waals surface area contributed by atoms with Gasteiger partial charge in [-0.25, -0.2) is 9.59 Å². The molecule has 0 aliphatic carbocycles. The van der Waals surface area contributed by atoms with Gasteiger partial charge in [-0.15, -0.1) is 0 Å². The molecule has 8 nitrogen and oxygen atoms in total. The number of nitrogens with zero attached hydrogens (tertiary/aromatic N) is 3. The van der Waals surface area contributed by atoms with E-state index in [2.05, 4.69) is 9.73 Å². The third kappa shape index (κ3) is 3.21. The van der Waals surface area contributed by atoms with Crippen LogP contribution in [0, 0.1) is 5.92 Å². The number of aliphatic imine (C=N–C) groups is 1. The second-order valence-corrected chi connectivity index (χ2v) is 4.99. The lowest BCUT2D eigenvalue weighted by Gasteiger charge is -2.14. The van der Waals surface area contributed by atoms with Crippen LogP contribution in [0.4, 0.5) is 5.82 Å². The number of aromatic nitrogens is 2. The quantitative estimate of drug-likeness (QED) is 0.583. The van der Waals surface area contributed by atoms with Crippen molar-refractivity contribution in [3.05, 3.63) is 26.4 Å². The summed E-state index contributed by atoms with van der Waals surface area (Å²) < 4.78 is 6.74. The van der Waals surface area contributed by atoms with Gasteiger partial charge in [0.15, 0.2) is 0 Å². The minimum Gasteiger partial charge on any atom is -0.467 e. The SMILES string of the molecule is COC(=O)C(N=Cc1c(N)n(C)c(=O)n(C)c1=O)C(C)C. The predicted molar refractivity (Wildman–Crippen MR) is 79.6 cm³/mol. The molecule has 0 bridgehead atoms. The van der Waals surface area contributed by atoms with Gasteiger partial charge in [0.25, 0.3) is 5.56 Å². The first-order valence-corrected chi connectivity index (χ1v) is 6.38. The van der Waals surface area contributed by atoms with E-state index in [4.69, 9.17) is 5.73 Å². The van der Waals surface area contributed by atoms with Crippen LogP contribution in [0.25, 0.3) is 0 Å². The molecule has 21 heavy (non-hydrogen) atoms. The third-order valence-corrected chi connectivity index (χ3v) is 3.18. The molecule has 0 spiro atoms. The van der Waals surface area contributed by atoms with Gasteiger partial charge in [-0.05, 0) is 5.92 Å². The first-order valence-electron chi connectivity index (χ1n) is 6.38. The number of rotatable bonds is 4. The Bertz CT molecular complexity index is 685. The van der Waals surface area contributed by atoms with Crippen molar-refractivity contribution in [1.29, 1.82) is 0 Å². The summed E-state index contributed by atoms with van der Waals surface area (Å²) in [5, 5.41) is 0. The molecule has 0 aromatic carbocycles. The standard InChI is InChI=1S/C13H20N4O4/c1-7(2)9(12(19)21-5)15-6-8-10(14)16(3)13(20)17(4)11(8)18/h6-7,9H,14H2,1-5H3. The molecule has 0 saturated carbocycles. The molecule has 0 amide bonds. The fraction of sp³-hybridized carbons (Fsp3) is 0.538. The lowest BCUT2D eigenvalue weighted by Crippen LogP contribution is -2.40. The number of anilines is 1. The largest absolute Gasteiger partial charge is 0.467 e. The molecule has 0 aliphatic heterocycles. The molecule has 1 atom stereocenters. The molecular formula is C13H20N4O4. The van der Waals surface area contributed by atoms with Gasteiger partial charge in [-0.2, -0.15) is 0 Å². The van der Waals surface area contributed by atoms with E-state index < -0.39 is 23.3 Å². The van der Waals surface area contributed by atoms with Gasteiger partial charge < -0.3 is 10.5 Å². The van der Waals surface area contributed by atoms with Crippen LogP contribution < -0.4 is 17.0 Å². The lowest BCUT2D eigenvalue weighted by molar-refractivity contribution is -0.143. The summed E-state index contributed by atoms with van der Waals surface area (Å²) in [5.41, 5.74) is 4.74. The monoisotopic (exact) mass is 296 g/mol. The highest BCUT2D eigenvalue weighted by Gasteiger charge is 2.22. The van der Waals surface area contributed by atoms with Crippen LogP contribution in [0.2, 0.25) is 0 Å². The second kappa shape index (κ2) is 6.38. The average molecular weight is 296 g/mol. The van der Waals surface area contributed by atoms with E-state index in [0.29, 0.717) is 0 Å². The van der Waals surface area contributed by atoms with Gasteiger partial charge in [0, 0.05) is 20.3 Å². The molecule has 0 radical (unpaired) electrons. The number of nitrogen functional groups attached to an aromatic ring is 1. The summed E-state index contributed by atoms with van der Waals surface area (Å²) in [6.45, 7) is 3.61. The molecular weight excluding hydrogens is 276 g/mol. The van der Waals surface area contributed by atoms with Crippen LogP contribution in [0.3, 0.4) is 0 Å². The first kappa shape index (κ1) is 16.7. The third-order valence-electron chi connectivity index (χ3n) is 3.18. The van der Waals surface area contributed by atoms with Gasteiger partial charge in [-0.1, -0.05) is 13.8 Å². The fourth-order valence-corrected chi connectivity index (χ4v) is 1.79. The maximum absolute atomic E-state index is 12.0. The molecule has 1 unspecified atom stereocenters. The number of methoxy groups -OCH3 is 1. The van der Waals surface area contributed by atoms with Crippen molar-refractivity contribution in [2.24, 2.45) is 25.0 Å². The minimum atomic E-state index is -0.739. The van der Waals surface area contributed by atoms with Gasteiger partial charge in [0.05, 0.1) is 12.7 Å². The van der Waals surface area contributed by atoms with E-state index >= 15 is 0 Å². The van der Waals surface area contributed by atoms with Crippen LogP contribution in [0.15, 0.2) is 14.6 Å².